The molecule has 144 valence electrons. The number of ether oxygens (including phenoxy) is 1. The molecule has 1 heterocycles. The van der Waals surface area contributed by atoms with Gasteiger partial charge in [-0.2, -0.15) is 5.10 Å². The molecule has 1 aromatic carbocycles. The molecule has 0 radical (unpaired) electrons. The maximum atomic E-state index is 12.7. The number of nitrogens with zero attached hydrogens (tertiary/aromatic N) is 3. The van der Waals surface area contributed by atoms with Crippen molar-refractivity contribution >= 4 is 10.0 Å². The Balaban J connectivity index is 2.05. The first-order valence-corrected chi connectivity index (χ1v) is 10.3. The van der Waals surface area contributed by atoms with E-state index in [2.05, 4.69) is 11.2 Å². The van der Waals surface area contributed by atoms with Gasteiger partial charge in [0.15, 0.2) is 0 Å². The minimum absolute atomic E-state index is 0.317. The second-order valence-electron chi connectivity index (χ2n) is 6.61. The van der Waals surface area contributed by atoms with Crippen molar-refractivity contribution in [2.75, 3.05) is 20.2 Å². The van der Waals surface area contributed by atoms with Crippen LogP contribution in [0.25, 0.3) is 0 Å². The zero-order valence-corrected chi connectivity index (χ0v) is 17.4. The molecule has 7 heteroatoms. The molecule has 0 fully saturated rings. The number of hydrogen-bond acceptors (Lipinski definition) is 4. The topological polar surface area (TPSA) is 64.4 Å². The van der Waals surface area contributed by atoms with Crippen molar-refractivity contribution in [3.8, 4) is 5.75 Å². The average molecular weight is 380 g/mol. The zero-order chi connectivity index (χ0) is 19.5. The Morgan fingerprint density at radius 3 is 2.54 bits per heavy atom. The molecule has 1 aromatic heterocycles. The molecule has 0 spiro atoms. The van der Waals surface area contributed by atoms with Gasteiger partial charge in [0.2, 0.25) is 10.0 Å². The van der Waals surface area contributed by atoms with Gasteiger partial charge in [0.25, 0.3) is 0 Å². The van der Waals surface area contributed by atoms with Crippen LogP contribution in [-0.2, 0) is 16.6 Å². The number of aromatic nitrogens is 2. The summed E-state index contributed by atoms with van der Waals surface area (Å²) in [6.07, 6.45) is 0.748. The lowest BCUT2D eigenvalue weighted by Crippen LogP contribution is -2.27. The summed E-state index contributed by atoms with van der Waals surface area (Å²) in [4.78, 5) is 0.317. The standard InChI is InChI=1S/C19H29N3O3S/c1-7-21(6)26(23,24)19-16(4)20-22(17(19)5)11-8-12-25-18-13-14(2)9-10-15(18)3/h9-10,13H,7-8,11-12H2,1-6H3. The Bertz CT molecular complexity index is 872. The largest absolute Gasteiger partial charge is 0.493 e. The van der Waals surface area contributed by atoms with E-state index in [0.717, 1.165) is 17.7 Å². The fraction of sp³-hybridized carbons (Fsp3) is 0.526. The van der Waals surface area contributed by atoms with Crippen LogP contribution >= 0.6 is 0 Å². The van der Waals surface area contributed by atoms with E-state index in [1.807, 2.05) is 39.8 Å². The second-order valence-corrected chi connectivity index (χ2v) is 8.59. The summed E-state index contributed by atoms with van der Waals surface area (Å²) >= 11 is 0. The van der Waals surface area contributed by atoms with Crippen molar-refractivity contribution in [2.45, 2.75) is 52.5 Å². The Labute approximate surface area is 156 Å². The fourth-order valence-corrected chi connectivity index (χ4v) is 4.40. The molecule has 0 saturated carbocycles. The van der Waals surface area contributed by atoms with E-state index in [-0.39, 0.29) is 0 Å². The summed E-state index contributed by atoms with van der Waals surface area (Å²) in [5.74, 6) is 0.895. The first-order valence-electron chi connectivity index (χ1n) is 8.88. The fourth-order valence-electron chi connectivity index (χ4n) is 2.86. The van der Waals surface area contributed by atoms with Gasteiger partial charge in [-0.05, 0) is 44.9 Å². The minimum atomic E-state index is -3.49. The Hall–Kier alpha value is -1.86. The van der Waals surface area contributed by atoms with Gasteiger partial charge in [-0.15, -0.1) is 0 Å². The van der Waals surface area contributed by atoms with Crippen molar-refractivity contribution in [3.63, 3.8) is 0 Å². The molecule has 0 bridgehead atoms. The number of sulfonamides is 1. The third-order valence-corrected chi connectivity index (χ3v) is 6.73. The summed E-state index contributed by atoms with van der Waals surface area (Å²) in [5, 5.41) is 4.42. The highest BCUT2D eigenvalue weighted by molar-refractivity contribution is 7.89. The van der Waals surface area contributed by atoms with Crippen molar-refractivity contribution in [3.05, 3.63) is 40.7 Å². The van der Waals surface area contributed by atoms with Crippen molar-refractivity contribution < 1.29 is 13.2 Å². The van der Waals surface area contributed by atoms with Gasteiger partial charge in [-0.1, -0.05) is 19.1 Å². The lowest BCUT2D eigenvalue weighted by molar-refractivity contribution is 0.296. The molecular formula is C19H29N3O3S. The van der Waals surface area contributed by atoms with E-state index in [4.69, 9.17) is 4.74 Å². The molecule has 6 nitrogen and oxygen atoms in total. The van der Waals surface area contributed by atoms with Gasteiger partial charge in [-0.25, -0.2) is 12.7 Å². The second kappa shape index (κ2) is 8.22. The Morgan fingerprint density at radius 1 is 1.19 bits per heavy atom. The molecule has 2 rings (SSSR count). The molecule has 0 amide bonds. The molecule has 26 heavy (non-hydrogen) atoms. The van der Waals surface area contributed by atoms with Crippen LogP contribution in [0.5, 0.6) is 5.75 Å². The SMILES string of the molecule is CCN(C)S(=O)(=O)c1c(C)nn(CCCOc2cc(C)ccc2C)c1C. The van der Waals surface area contributed by atoms with Gasteiger partial charge in [0.1, 0.15) is 10.6 Å². The zero-order valence-electron chi connectivity index (χ0n) is 16.5. The van der Waals surface area contributed by atoms with Gasteiger partial charge in [0, 0.05) is 26.6 Å². The maximum absolute atomic E-state index is 12.7. The van der Waals surface area contributed by atoms with E-state index >= 15 is 0 Å². The van der Waals surface area contributed by atoms with E-state index < -0.39 is 10.0 Å². The van der Waals surface area contributed by atoms with Crippen molar-refractivity contribution in [1.82, 2.24) is 14.1 Å². The number of rotatable bonds is 8. The highest BCUT2D eigenvalue weighted by Gasteiger charge is 2.27. The molecule has 0 N–H and O–H groups in total. The number of aryl methyl sites for hydroxylation is 4. The first-order chi connectivity index (χ1) is 12.2. The third-order valence-electron chi connectivity index (χ3n) is 4.54. The molecule has 0 aliphatic heterocycles. The third kappa shape index (κ3) is 4.27. The van der Waals surface area contributed by atoms with Crippen LogP contribution in [0.3, 0.4) is 0 Å². The van der Waals surface area contributed by atoms with Crippen LogP contribution in [0.1, 0.15) is 35.9 Å². The van der Waals surface area contributed by atoms with Crippen molar-refractivity contribution in [2.24, 2.45) is 0 Å². The highest BCUT2D eigenvalue weighted by Crippen LogP contribution is 2.23. The summed E-state index contributed by atoms with van der Waals surface area (Å²) in [5.41, 5.74) is 3.49. The monoisotopic (exact) mass is 379 g/mol. The summed E-state index contributed by atoms with van der Waals surface area (Å²) in [6, 6.07) is 6.14. The molecule has 0 unspecified atom stereocenters. The van der Waals surface area contributed by atoms with Gasteiger partial charge in [0.05, 0.1) is 18.0 Å². The van der Waals surface area contributed by atoms with E-state index in [1.165, 1.54) is 9.87 Å². The minimum Gasteiger partial charge on any atom is -0.493 e. The van der Waals surface area contributed by atoms with Crippen LogP contribution in [0.2, 0.25) is 0 Å². The van der Waals surface area contributed by atoms with Crippen LogP contribution in [0.15, 0.2) is 23.1 Å². The van der Waals surface area contributed by atoms with E-state index in [0.29, 0.717) is 36.0 Å². The van der Waals surface area contributed by atoms with Crippen LogP contribution in [0, 0.1) is 27.7 Å². The van der Waals surface area contributed by atoms with Gasteiger partial charge < -0.3 is 4.74 Å². The molecule has 0 atom stereocenters. The number of benzene rings is 1. The summed E-state index contributed by atoms with van der Waals surface area (Å²) in [7, 11) is -1.91. The van der Waals surface area contributed by atoms with E-state index in [1.54, 1.807) is 18.7 Å². The van der Waals surface area contributed by atoms with Crippen molar-refractivity contribution in [1.29, 1.82) is 0 Å². The van der Waals surface area contributed by atoms with E-state index in [9.17, 15) is 8.42 Å². The maximum Gasteiger partial charge on any atom is 0.246 e. The smallest absolute Gasteiger partial charge is 0.246 e. The quantitative estimate of drug-likeness (QED) is 0.661. The lowest BCUT2D eigenvalue weighted by atomic mass is 10.1. The highest BCUT2D eigenvalue weighted by atomic mass is 32.2. The molecular weight excluding hydrogens is 350 g/mol. The molecule has 2 aromatic rings. The lowest BCUT2D eigenvalue weighted by Gasteiger charge is -2.15. The summed E-state index contributed by atoms with van der Waals surface area (Å²) in [6.45, 7) is 11.0. The molecule has 0 saturated heterocycles. The van der Waals surface area contributed by atoms with Gasteiger partial charge >= 0.3 is 0 Å². The predicted octanol–water partition coefficient (Wildman–Crippen LogP) is 3.23. The van der Waals surface area contributed by atoms with Gasteiger partial charge in [-0.3, -0.25) is 4.68 Å². The van der Waals surface area contributed by atoms with Crippen LogP contribution < -0.4 is 4.74 Å². The average Bonchev–Trinajstić information content (AvgIpc) is 2.88. The first kappa shape index (κ1) is 20.5. The van der Waals surface area contributed by atoms with Crippen LogP contribution in [-0.4, -0.2) is 42.7 Å². The summed E-state index contributed by atoms with van der Waals surface area (Å²) < 4.78 is 34.3. The van der Waals surface area contributed by atoms with Crippen LogP contribution in [0.4, 0.5) is 0 Å². The normalized spacial score (nSPS) is 12.0. The molecule has 0 aliphatic carbocycles. The predicted molar refractivity (Wildman–Crippen MR) is 103 cm³/mol. The Morgan fingerprint density at radius 2 is 1.88 bits per heavy atom. The molecule has 0 aliphatic rings. The number of hydrogen-bond donors (Lipinski definition) is 0. The Kier molecular flexibility index (Phi) is 6.47.